The van der Waals surface area contributed by atoms with Gasteiger partial charge in [-0.05, 0) is 25.3 Å². The van der Waals surface area contributed by atoms with E-state index in [1.54, 1.807) is 11.6 Å². The van der Waals surface area contributed by atoms with Crippen LogP contribution in [0.3, 0.4) is 0 Å². The Balaban J connectivity index is 1.55. The van der Waals surface area contributed by atoms with E-state index in [1.165, 1.54) is 10.9 Å². The van der Waals surface area contributed by atoms with Crippen molar-refractivity contribution in [1.82, 2.24) is 29.5 Å². The first-order chi connectivity index (χ1) is 14.0. The van der Waals surface area contributed by atoms with Gasteiger partial charge in [0.05, 0.1) is 19.3 Å². The highest BCUT2D eigenvalue weighted by Gasteiger charge is 2.06. The summed E-state index contributed by atoms with van der Waals surface area (Å²) in [6.45, 7) is 3.25. The van der Waals surface area contributed by atoms with Crippen LogP contribution in [0, 0.1) is 0 Å². The molecule has 0 aliphatic carbocycles. The fourth-order valence-corrected chi connectivity index (χ4v) is 2.77. The summed E-state index contributed by atoms with van der Waals surface area (Å²) in [5.74, 6) is -0.203. The van der Waals surface area contributed by atoms with Crippen molar-refractivity contribution in [3.8, 4) is 11.3 Å². The normalized spacial score (nSPS) is 10.8. The van der Waals surface area contributed by atoms with Gasteiger partial charge in [-0.15, -0.1) is 5.10 Å². The molecule has 152 valence electrons. The maximum absolute atomic E-state index is 11.8. The molecule has 0 atom stereocenters. The van der Waals surface area contributed by atoms with Crippen LogP contribution >= 0.6 is 0 Å². The highest BCUT2D eigenvalue weighted by atomic mass is 16.5. The molecule has 1 aromatic carbocycles. The maximum Gasteiger partial charge on any atom is 0.352 e. The first-order valence-corrected chi connectivity index (χ1v) is 9.39. The Labute approximate surface area is 167 Å². The molecule has 10 nitrogen and oxygen atoms in total. The van der Waals surface area contributed by atoms with Gasteiger partial charge < -0.3 is 10.5 Å². The van der Waals surface area contributed by atoms with Crippen LogP contribution in [0.25, 0.3) is 11.3 Å². The average Bonchev–Trinajstić information content (AvgIpc) is 3.17. The van der Waals surface area contributed by atoms with E-state index in [0.29, 0.717) is 26.1 Å². The van der Waals surface area contributed by atoms with Gasteiger partial charge in [0.25, 0.3) is 0 Å². The molecule has 0 aliphatic heterocycles. The van der Waals surface area contributed by atoms with Crippen LogP contribution in [0.2, 0.25) is 0 Å². The fourth-order valence-electron chi connectivity index (χ4n) is 2.77. The summed E-state index contributed by atoms with van der Waals surface area (Å²) in [6, 6.07) is 7.67. The van der Waals surface area contributed by atoms with Gasteiger partial charge in [-0.3, -0.25) is 14.0 Å². The van der Waals surface area contributed by atoms with Gasteiger partial charge in [-0.1, -0.05) is 29.5 Å². The highest BCUT2D eigenvalue weighted by Crippen LogP contribution is 2.17. The van der Waals surface area contributed by atoms with E-state index < -0.39 is 5.69 Å². The number of hydrogen-bond acceptors (Lipinski definition) is 8. The Morgan fingerprint density at radius 1 is 1.21 bits per heavy atom. The summed E-state index contributed by atoms with van der Waals surface area (Å²) >= 11 is 0. The maximum atomic E-state index is 11.8. The third-order valence-electron chi connectivity index (χ3n) is 4.25. The second kappa shape index (κ2) is 9.58. The fraction of sp³-hybridized carbons (Fsp3) is 0.368. The summed E-state index contributed by atoms with van der Waals surface area (Å²) in [7, 11) is 0. The predicted octanol–water partition coefficient (Wildman–Crippen LogP) is 1.26. The first kappa shape index (κ1) is 20.2. The Morgan fingerprint density at radius 3 is 2.72 bits per heavy atom. The highest BCUT2D eigenvalue weighted by molar-refractivity contribution is 5.69. The number of rotatable bonds is 9. The number of nitrogens with zero attached hydrogens (tertiary/aromatic N) is 6. The van der Waals surface area contributed by atoms with Crippen molar-refractivity contribution in [3.05, 3.63) is 52.8 Å². The van der Waals surface area contributed by atoms with Gasteiger partial charge in [-0.25, -0.2) is 9.78 Å². The third-order valence-corrected chi connectivity index (χ3v) is 4.25. The summed E-state index contributed by atoms with van der Waals surface area (Å²) in [5.41, 5.74) is 7.57. The molecule has 10 heteroatoms. The van der Waals surface area contributed by atoms with Gasteiger partial charge in [-0.2, -0.15) is 4.98 Å². The SMILES string of the molecule is CCOC(=O)CCCCn1cc(-c2ccc(Cn3cnc(N)nc3=O)cc2)nn1. The molecule has 0 spiro atoms. The van der Waals surface area contributed by atoms with Crippen molar-refractivity contribution in [2.45, 2.75) is 39.3 Å². The lowest BCUT2D eigenvalue weighted by atomic mass is 10.1. The van der Waals surface area contributed by atoms with E-state index >= 15 is 0 Å². The molecule has 2 aromatic heterocycles. The molecule has 2 N–H and O–H groups in total. The number of nitrogen functional groups attached to an aromatic ring is 1. The van der Waals surface area contributed by atoms with Crippen molar-refractivity contribution in [2.24, 2.45) is 0 Å². The van der Waals surface area contributed by atoms with E-state index in [9.17, 15) is 9.59 Å². The van der Waals surface area contributed by atoms with E-state index in [-0.39, 0.29) is 11.9 Å². The molecule has 3 rings (SSSR count). The van der Waals surface area contributed by atoms with Crippen LogP contribution in [0.15, 0.2) is 41.6 Å². The molecular formula is C19H23N7O3. The smallest absolute Gasteiger partial charge is 0.352 e. The first-order valence-electron chi connectivity index (χ1n) is 9.39. The number of anilines is 1. The number of hydrogen-bond donors (Lipinski definition) is 1. The Kier molecular flexibility index (Phi) is 6.67. The quantitative estimate of drug-likeness (QED) is 0.422. The second-order valence-electron chi connectivity index (χ2n) is 6.45. The average molecular weight is 397 g/mol. The van der Waals surface area contributed by atoms with Crippen LogP contribution < -0.4 is 11.4 Å². The minimum atomic E-state index is -0.438. The van der Waals surface area contributed by atoms with E-state index in [1.807, 2.05) is 30.5 Å². The zero-order valence-electron chi connectivity index (χ0n) is 16.2. The standard InChI is InChI=1S/C19H23N7O3/c1-2-29-17(27)5-3-4-10-26-12-16(23-24-26)15-8-6-14(7-9-15)11-25-13-21-18(20)22-19(25)28/h6-9,12-13H,2-5,10-11H2,1H3,(H2,20,22,28). The molecule has 0 amide bonds. The van der Waals surface area contributed by atoms with E-state index in [4.69, 9.17) is 10.5 Å². The lowest BCUT2D eigenvalue weighted by Crippen LogP contribution is -2.24. The Morgan fingerprint density at radius 2 is 2.00 bits per heavy atom. The molecule has 0 saturated carbocycles. The van der Waals surface area contributed by atoms with Crippen molar-refractivity contribution in [3.63, 3.8) is 0 Å². The molecular weight excluding hydrogens is 374 g/mol. The number of esters is 1. The minimum Gasteiger partial charge on any atom is -0.466 e. The summed E-state index contributed by atoms with van der Waals surface area (Å²) in [6.07, 6.45) is 5.23. The molecule has 0 fully saturated rings. The van der Waals surface area contributed by atoms with E-state index in [0.717, 1.165) is 29.7 Å². The zero-order valence-corrected chi connectivity index (χ0v) is 16.2. The van der Waals surface area contributed by atoms with Gasteiger partial charge in [0.15, 0.2) is 0 Å². The number of carbonyl (C=O) groups is 1. The van der Waals surface area contributed by atoms with Crippen LogP contribution in [0.4, 0.5) is 5.95 Å². The van der Waals surface area contributed by atoms with Crippen molar-refractivity contribution in [2.75, 3.05) is 12.3 Å². The number of carbonyl (C=O) groups excluding carboxylic acids is 1. The van der Waals surface area contributed by atoms with Crippen LogP contribution in [-0.4, -0.2) is 42.1 Å². The van der Waals surface area contributed by atoms with Crippen LogP contribution in [-0.2, 0) is 22.6 Å². The number of benzene rings is 1. The number of ether oxygens (including phenoxy) is 1. The molecule has 29 heavy (non-hydrogen) atoms. The predicted molar refractivity (Wildman–Crippen MR) is 106 cm³/mol. The summed E-state index contributed by atoms with van der Waals surface area (Å²) < 4.78 is 8.06. The van der Waals surface area contributed by atoms with Gasteiger partial charge in [0.2, 0.25) is 5.95 Å². The van der Waals surface area contributed by atoms with Gasteiger partial charge in [0.1, 0.15) is 12.0 Å². The molecule has 0 saturated heterocycles. The number of unbranched alkanes of at least 4 members (excludes halogenated alkanes) is 1. The Hall–Kier alpha value is -3.56. The second-order valence-corrected chi connectivity index (χ2v) is 6.45. The van der Waals surface area contributed by atoms with Crippen molar-refractivity contribution < 1.29 is 9.53 Å². The molecule has 0 aliphatic rings. The molecule has 0 bridgehead atoms. The lowest BCUT2D eigenvalue weighted by molar-refractivity contribution is -0.143. The largest absolute Gasteiger partial charge is 0.466 e. The van der Waals surface area contributed by atoms with Crippen LogP contribution in [0.1, 0.15) is 31.7 Å². The zero-order chi connectivity index (χ0) is 20.6. The van der Waals surface area contributed by atoms with Crippen LogP contribution in [0.5, 0.6) is 0 Å². The van der Waals surface area contributed by atoms with E-state index in [2.05, 4.69) is 20.3 Å². The molecule has 0 unspecified atom stereocenters. The molecule has 2 heterocycles. The number of aryl methyl sites for hydroxylation is 1. The monoisotopic (exact) mass is 397 g/mol. The number of aromatic nitrogens is 6. The van der Waals surface area contributed by atoms with Crippen molar-refractivity contribution in [1.29, 1.82) is 0 Å². The van der Waals surface area contributed by atoms with Crippen molar-refractivity contribution >= 4 is 11.9 Å². The Bertz CT molecular complexity index is 1010. The lowest BCUT2D eigenvalue weighted by Gasteiger charge is -2.05. The van der Waals surface area contributed by atoms with Gasteiger partial charge in [0, 0.05) is 18.5 Å². The molecule has 3 aromatic rings. The molecule has 0 radical (unpaired) electrons. The third kappa shape index (κ3) is 5.71. The summed E-state index contributed by atoms with van der Waals surface area (Å²) in [5, 5.41) is 8.33. The topological polar surface area (TPSA) is 131 Å². The van der Waals surface area contributed by atoms with Gasteiger partial charge >= 0.3 is 11.7 Å². The minimum absolute atomic E-state index is 0.0365. The summed E-state index contributed by atoms with van der Waals surface area (Å²) in [4.78, 5) is 30.6. The number of nitrogens with two attached hydrogens (primary N) is 1.